The number of thioether (sulfide) groups is 1. The minimum atomic E-state index is -0.728. The maximum Gasteiger partial charge on any atom is 0.306 e. The Morgan fingerprint density at radius 2 is 1.86 bits per heavy atom. The summed E-state index contributed by atoms with van der Waals surface area (Å²) in [6.07, 6.45) is 2.33. The molecule has 0 atom stereocenters. The first kappa shape index (κ1) is 16.4. The smallest absolute Gasteiger partial charge is 0.306 e. The van der Waals surface area contributed by atoms with Crippen LogP contribution in [0.15, 0.2) is 29.2 Å². The molecule has 0 heterocycles. The van der Waals surface area contributed by atoms with E-state index in [1.54, 1.807) is 11.8 Å². The van der Waals surface area contributed by atoms with Crippen molar-refractivity contribution in [1.29, 1.82) is 0 Å². The van der Waals surface area contributed by atoms with Gasteiger partial charge < -0.3 is 10.2 Å². The second-order valence-corrected chi connectivity index (χ2v) is 7.40. The third-order valence-corrected chi connectivity index (χ3v) is 5.61. The minimum Gasteiger partial charge on any atom is -0.481 e. The van der Waals surface area contributed by atoms with Crippen LogP contribution in [-0.4, -0.2) is 27.5 Å². The molecule has 3 nitrogen and oxygen atoms in total. The predicted octanol–water partition coefficient (Wildman–Crippen LogP) is 3.91. The van der Waals surface area contributed by atoms with Crippen molar-refractivity contribution in [2.45, 2.75) is 55.9 Å². The number of rotatable bonds is 5. The molecule has 0 saturated heterocycles. The number of hydrogen-bond acceptors (Lipinski definition) is 3. The van der Waals surface area contributed by atoms with E-state index in [-0.39, 0.29) is 5.92 Å². The Morgan fingerprint density at radius 3 is 2.33 bits per heavy atom. The summed E-state index contributed by atoms with van der Waals surface area (Å²) >= 11 is 1.66. The lowest BCUT2D eigenvalue weighted by Gasteiger charge is -2.34. The van der Waals surface area contributed by atoms with Crippen LogP contribution in [0.25, 0.3) is 0 Å². The van der Waals surface area contributed by atoms with Gasteiger partial charge in [-0.15, -0.1) is 11.8 Å². The molecule has 0 amide bonds. The summed E-state index contributed by atoms with van der Waals surface area (Å²) in [6, 6.07) is 8.48. The van der Waals surface area contributed by atoms with Gasteiger partial charge in [0.25, 0.3) is 0 Å². The SMILES string of the molecule is CC(C)c1ccc(SCC2(O)CCC(C(=O)O)CC2)cc1. The van der Waals surface area contributed by atoms with Gasteiger partial charge in [-0.25, -0.2) is 0 Å². The van der Waals surface area contributed by atoms with E-state index in [4.69, 9.17) is 5.11 Å². The van der Waals surface area contributed by atoms with Crippen LogP contribution in [0.4, 0.5) is 0 Å². The first-order valence-corrected chi connectivity index (χ1v) is 8.56. The molecule has 2 N–H and O–H groups in total. The number of aliphatic carboxylic acids is 1. The molecule has 0 bridgehead atoms. The number of benzene rings is 1. The molecule has 0 aliphatic heterocycles. The second kappa shape index (κ2) is 6.84. The zero-order valence-electron chi connectivity index (χ0n) is 12.7. The van der Waals surface area contributed by atoms with E-state index in [1.807, 2.05) is 0 Å². The van der Waals surface area contributed by atoms with Crippen molar-refractivity contribution in [2.24, 2.45) is 5.92 Å². The maximum atomic E-state index is 10.9. The summed E-state index contributed by atoms with van der Waals surface area (Å²) in [6.45, 7) is 4.34. The van der Waals surface area contributed by atoms with Gasteiger partial charge in [-0.1, -0.05) is 26.0 Å². The highest BCUT2D eigenvalue weighted by atomic mass is 32.2. The van der Waals surface area contributed by atoms with Gasteiger partial charge in [0.1, 0.15) is 0 Å². The zero-order chi connectivity index (χ0) is 15.5. The number of carboxylic acids is 1. The molecule has 4 heteroatoms. The van der Waals surface area contributed by atoms with Crippen LogP contribution in [-0.2, 0) is 4.79 Å². The normalized spacial score (nSPS) is 26.0. The Bertz CT molecular complexity index is 473. The van der Waals surface area contributed by atoms with Crippen LogP contribution < -0.4 is 0 Å². The predicted molar refractivity (Wildman–Crippen MR) is 85.8 cm³/mol. The number of carboxylic acid groups (broad SMARTS) is 1. The van der Waals surface area contributed by atoms with Crippen molar-refractivity contribution in [3.63, 3.8) is 0 Å². The van der Waals surface area contributed by atoms with E-state index < -0.39 is 11.6 Å². The molecule has 1 aliphatic rings. The Hall–Kier alpha value is -1.00. The van der Waals surface area contributed by atoms with Crippen molar-refractivity contribution in [1.82, 2.24) is 0 Å². The summed E-state index contributed by atoms with van der Waals surface area (Å²) in [5.74, 6) is 0.162. The molecular weight excluding hydrogens is 284 g/mol. The quantitative estimate of drug-likeness (QED) is 0.810. The lowest BCUT2D eigenvalue weighted by molar-refractivity contribution is -0.144. The lowest BCUT2D eigenvalue weighted by Crippen LogP contribution is -2.38. The second-order valence-electron chi connectivity index (χ2n) is 6.35. The van der Waals surface area contributed by atoms with Crippen LogP contribution in [0.2, 0.25) is 0 Å². The van der Waals surface area contributed by atoms with Crippen molar-refractivity contribution >= 4 is 17.7 Å². The molecule has 1 aliphatic carbocycles. The van der Waals surface area contributed by atoms with E-state index in [0.717, 1.165) is 4.90 Å². The van der Waals surface area contributed by atoms with Gasteiger partial charge in [-0.05, 0) is 49.3 Å². The van der Waals surface area contributed by atoms with Gasteiger partial charge in [0.05, 0.1) is 11.5 Å². The maximum absolute atomic E-state index is 10.9. The molecular formula is C17H24O3S. The van der Waals surface area contributed by atoms with Gasteiger partial charge in [-0.2, -0.15) is 0 Å². The third-order valence-electron chi connectivity index (χ3n) is 4.32. The van der Waals surface area contributed by atoms with E-state index in [2.05, 4.69) is 38.1 Å². The Labute approximate surface area is 130 Å². The Morgan fingerprint density at radius 1 is 1.29 bits per heavy atom. The number of carbonyl (C=O) groups is 1. The molecule has 1 fully saturated rings. The van der Waals surface area contributed by atoms with Crippen molar-refractivity contribution in [3.05, 3.63) is 29.8 Å². The van der Waals surface area contributed by atoms with Gasteiger partial charge >= 0.3 is 5.97 Å². The first-order valence-electron chi connectivity index (χ1n) is 7.57. The van der Waals surface area contributed by atoms with Gasteiger partial charge in [0.2, 0.25) is 0 Å². The molecule has 21 heavy (non-hydrogen) atoms. The van der Waals surface area contributed by atoms with Crippen molar-refractivity contribution in [2.75, 3.05) is 5.75 Å². The fourth-order valence-electron chi connectivity index (χ4n) is 2.71. The van der Waals surface area contributed by atoms with Crippen LogP contribution in [0.3, 0.4) is 0 Å². The van der Waals surface area contributed by atoms with Crippen LogP contribution >= 0.6 is 11.8 Å². The van der Waals surface area contributed by atoms with Crippen LogP contribution in [0.1, 0.15) is 51.0 Å². The monoisotopic (exact) mass is 308 g/mol. The molecule has 0 unspecified atom stereocenters. The fourth-order valence-corrected chi connectivity index (χ4v) is 3.77. The van der Waals surface area contributed by atoms with Gasteiger partial charge in [0, 0.05) is 10.6 Å². The van der Waals surface area contributed by atoms with E-state index in [9.17, 15) is 9.90 Å². The highest BCUT2D eigenvalue weighted by Crippen LogP contribution is 2.36. The molecule has 1 saturated carbocycles. The Kier molecular flexibility index (Phi) is 5.33. The fraction of sp³-hybridized carbons (Fsp3) is 0.588. The first-order chi connectivity index (χ1) is 9.89. The standard InChI is InChI=1S/C17H24O3S/c1-12(2)13-3-5-15(6-4-13)21-11-17(20)9-7-14(8-10-17)16(18)19/h3-6,12,14,20H,7-11H2,1-2H3,(H,18,19). The van der Waals surface area contributed by atoms with Crippen molar-refractivity contribution < 1.29 is 15.0 Å². The molecule has 116 valence electrons. The van der Waals surface area contributed by atoms with Crippen LogP contribution in [0.5, 0.6) is 0 Å². The van der Waals surface area contributed by atoms with Gasteiger partial charge in [-0.3, -0.25) is 4.79 Å². The van der Waals surface area contributed by atoms with E-state index in [0.29, 0.717) is 37.4 Å². The molecule has 2 rings (SSSR count). The van der Waals surface area contributed by atoms with E-state index in [1.165, 1.54) is 5.56 Å². The average molecular weight is 308 g/mol. The summed E-state index contributed by atoms with van der Waals surface area (Å²) < 4.78 is 0. The van der Waals surface area contributed by atoms with E-state index >= 15 is 0 Å². The zero-order valence-corrected chi connectivity index (χ0v) is 13.5. The third kappa shape index (κ3) is 4.48. The lowest BCUT2D eigenvalue weighted by atomic mass is 9.80. The van der Waals surface area contributed by atoms with Crippen LogP contribution in [0, 0.1) is 5.92 Å². The highest BCUT2D eigenvalue weighted by molar-refractivity contribution is 7.99. The topological polar surface area (TPSA) is 57.5 Å². The summed E-state index contributed by atoms with van der Waals surface area (Å²) in [5, 5.41) is 19.6. The summed E-state index contributed by atoms with van der Waals surface area (Å²) in [4.78, 5) is 12.1. The number of aliphatic hydroxyl groups is 1. The molecule has 0 radical (unpaired) electrons. The molecule has 1 aromatic carbocycles. The van der Waals surface area contributed by atoms with Crippen molar-refractivity contribution in [3.8, 4) is 0 Å². The number of hydrogen-bond donors (Lipinski definition) is 2. The Balaban J connectivity index is 1.86. The molecule has 0 aromatic heterocycles. The largest absolute Gasteiger partial charge is 0.481 e. The minimum absolute atomic E-state index is 0.277. The summed E-state index contributed by atoms with van der Waals surface area (Å²) in [7, 11) is 0. The average Bonchev–Trinajstić information content (AvgIpc) is 2.46. The molecule has 0 spiro atoms. The van der Waals surface area contributed by atoms with Gasteiger partial charge in [0.15, 0.2) is 0 Å². The highest BCUT2D eigenvalue weighted by Gasteiger charge is 2.35. The molecule has 1 aromatic rings. The summed E-state index contributed by atoms with van der Waals surface area (Å²) in [5.41, 5.74) is 0.605.